The summed E-state index contributed by atoms with van der Waals surface area (Å²) >= 11 is 1.60. The molecular weight excluding hydrogens is 216 g/mol. The van der Waals surface area contributed by atoms with Crippen molar-refractivity contribution in [2.24, 2.45) is 0 Å². The number of thioether (sulfide) groups is 1. The van der Waals surface area contributed by atoms with Gasteiger partial charge in [0.25, 0.3) is 0 Å². The van der Waals surface area contributed by atoms with E-state index in [0.717, 1.165) is 23.9 Å². The summed E-state index contributed by atoms with van der Waals surface area (Å²) in [6.45, 7) is 1.99. The maximum absolute atomic E-state index is 11.1. The molecule has 1 saturated heterocycles. The molecule has 0 radical (unpaired) electrons. The van der Waals surface area contributed by atoms with Gasteiger partial charge in [-0.3, -0.25) is 5.10 Å². The van der Waals surface area contributed by atoms with Gasteiger partial charge in [0.2, 0.25) is 0 Å². The molecule has 6 nitrogen and oxygen atoms in total. The number of rotatable bonds is 5. The molecule has 1 aliphatic heterocycles. The van der Waals surface area contributed by atoms with Crippen LogP contribution in [0.3, 0.4) is 0 Å². The number of carbonyl (C=O) groups is 1. The minimum absolute atomic E-state index is 0.195. The quantitative estimate of drug-likeness (QED) is 0.594. The topological polar surface area (TPSA) is 71.1 Å². The molecule has 0 aromatic carbocycles. The van der Waals surface area contributed by atoms with Crippen LogP contribution in [0.15, 0.2) is 11.5 Å². The van der Waals surface area contributed by atoms with E-state index in [9.17, 15) is 4.79 Å². The molecule has 15 heavy (non-hydrogen) atoms. The first-order valence-corrected chi connectivity index (χ1v) is 5.74. The number of carbonyl (C=O) groups excluding carboxylic acids is 1. The molecule has 0 bridgehead atoms. The van der Waals surface area contributed by atoms with Gasteiger partial charge in [0.05, 0.1) is 6.54 Å². The number of aromatic nitrogens is 3. The lowest BCUT2D eigenvalue weighted by atomic mass is 10.4. The predicted octanol–water partition coefficient (Wildman–Crippen LogP) is 0.739. The van der Waals surface area contributed by atoms with Gasteiger partial charge in [0.15, 0.2) is 5.16 Å². The van der Waals surface area contributed by atoms with Crippen molar-refractivity contribution in [2.45, 2.75) is 11.6 Å². The highest BCUT2D eigenvalue weighted by atomic mass is 32.2. The lowest BCUT2D eigenvalue weighted by molar-refractivity contribution is 0.158. The van der Waals surface area contributed by atoms with Crippen molar-refractivity contribution in [3.05, 3.63) is 6.33 Å². The highest BCUT2D eigenvalue weighted by molar-refractivity contribution is 7.99. The van der Waals surface area contributed by atoms with E-state index in [1.807, 2.05) is 0 Å². The molecule has 0 unspecified atom stereocenters. The maximum Gasteiger partial charge on any atom is 0.409 e. The second-order valence-electron chi connectivity index (χ2n) is 3.09. The van der Waals surface area contributed by atoms with Crippen LogP contribution in [-0.2, 0) is 4.74 Å². The molecule has 1 aromatic heterocycles. The fourth-order valence-electron chi connectivity index (χ4n) is 1.32. The fourth-order valence-corrected chi connectivity index (χ4v) is 2.02. The molecule has 1 fully saturated rings. The van der Waals surface area contributed by atoms with E-state index in [1.54, 1.807) is 16.7 Å². The standard InChI is InChI=1S/C8H12N4O2S/c13-8-12(3-4-14-8)2-1-5-15-7-9-6-10-11-7/h6H,1-5H2,(H,9,10,11). The van der Waals surface area contributed by atoms with E-state index in [4.69, 9.17) is 4.74 Å². The van der Waals surface area contributed by atoms with Gasteiger partial charge in [-0.25, -0.2) is 9.78 Å². The molecule has 7 heteroatoms. The maximum atomic E-state index is 11.1. The van der Waals surface area contributed by atoms with Gasteiger partial charge in [0.1, 0.15) is 12.9 Å². The zero-order valence-corrected chi connectivity index (χ0v) is 9.00. The first-order valence-electron chi connectivity index (χ1n) is 4.76. The number of nitrogens with one attached hydrogen (secondary N) is 1. The molecule has 0 aliphatic carbocycles. The van der Waals surface area contributed by atoms with Crippen LogP contribution < -0.4 is 0 Å². The van der Waals surface area contributed by atoms with Crippen LogP contribution in [0.4, 0.5) is 4.79 Å². The van der Waals surface area contributed by atoms with Crippen LogP contribution in [0.2, 0.25) is 0 Å². The van der Waals surface area contributed by atoms with Crippen molar-refractivity contribution in [1.82, 2.24) is 20.1 Å². The van der Waals surface area contributed by atoms with E-state index >= 15 is 0 Å². The summed E-state index contributed by atoms with van der Waals surface area (Å²) < 4.78 is 4.82. The summed E-state index contributed by atoms with van der Waals surface area (Å²) in [4.78, 5) is 16.8. The molecule has 2 heterocycles. The molecule has 1 aromatic rings. The van der Waals surface area contributed by atoms with Crippen LogP contribution >= 0.6 is 11.8 Å². The number of nitrogens with zero attached hydrogens (tertiary/aromatic N) is 3. The second kappa shape index (κ2) is 5.01. The fraction of sp³-hybridized carbons (Fsp3) is 0.625. The Morgan fingerprint density at radius 1 is 1.67 bits per heavy atom. The average molecular weight is 228 g/mol. The summed E-state index contributed by atoms with van der Waals surface area (Å²) in [5.74, 6) is 0.916. The largest absolute Gasteiger partial charge is 0.448 e. The third-order valence-corrected chi connectivity index (χ3v) is 3.01. The van der Waals surface area contributed by atoms with Crippen LogP contribution in [0.25, 0.3) is 0 Å². The molecule has 1 aliphatic rings. The third-order valence-electron chi connectivity index (χ3n) is 2.05. The van der Waals surface area contributed by atoms with Crippen LogP contribution in [0.5, 0.6) is 0 Å². The highest BCUT2D eigenvalue weighted by Crippen LogP contribution is 2.13. The minimum Gasteiger partial charge on any atom is -0.448 e. The molecule has 0 saturated carbocycles. The number of cyclic esters (lactones) is 1. The zero-order valence-electron chi connectivity index (χ0n) is 8.18. The Labute approximate surface area is 91.4 Å². The molecular formula is C8H12N4O2S. The SMILES string of the molecule is O=C1OCCN1CCCSc1ncn[nH]1. The van der Waals surface area contributed by atoms with Crippen molar-refractivity contribution in [3.8, 4) is 0 Å². The third kappa shape index (κ3) is 2.85. The zero-order chi connectivity index (χ0) is 10.5. The Balaban J connectivity index is 1.61. The molecule has 1 amide bonds. The summed E-state index contributed by atoms with van der Waals surface area (Å²) in [5, 5.41) is 7.34. The van der Waals surface area contributed by atoms with E-state index in [1.165, 1.54) is 6.33 Å². The Bertz CT molecular complexity index is 316. The smallest absolute Gasteiger partial charge is 0.409 e. The molecule has 82 valence electrons. The van der Waals surface area contributed by atoms with Crippen molar-refractivity contribution in [1.29, 1.82) is 0 Å². The van der Waals surface area contributed by atoms with E-state index < -0.39 is 0 Å². The van der Waals surface area contributed by atoms with Gasteiger partial charge in [-0.15, -0.1) is 0 Å². The van der Waals surface area contributed by atoms with Gasteiger partial charge in [-0.2, -0.15) is 5.10 Å². The van der Waals surface area contributed by atoms with E-state index in [2.05, 4.69) is 15.2 Å². The summed E-state index contributed by atoms with van der Waals surface area (Å²) in [5.41, 5.74) is 0. The first-order chi connectivity index (χ1) is 7.36. The monoisotopic (exact) mass is 228 g/mol. The van der Waals surface area contributed by atoms with Gasteiger partial charge >= 0.3 is 6.09 Å². The molecule has 0 atom stereocenters. The lowest BCUT2D eigenvalue weighted by Gasteiger charge is -2.10. The molecule has 0 spiro atoms. The van der Waals surface area contributed by atoms with Crippen molar-refractivity contribution < 1.29 is 9.53 Å². The average Bonchev–Trinajstić information content (AvgIpc) is 2.85. The minimum atomic E-state index is -0.195. The van der Waals surface area contributed by atoms with Crippen molar-refractivity contribution in [2.75, 3.05) is 25.4 Å². The second-order valence-corrected chi connectivity index (χ2v) is 4.18. The molecule has 1 N–H and O–H groups in total. The number of hydrogen-bond acceptors (Lipinski definition) is 5. The van der Waals surface area contributed by atoms with Gasteiger partial charge in [0, 0.05) is 12.3 Å². The van der Waals surface area contributed by atoms with E-state index in [-0.39, 0.29) is 6.09 Å². The van der Waals surface area contributed by atoms with Gasteiger partial charge in [-0.05, 0) is 6.42 Å². The normalized spacial score (nSPS) is 15.7. The summed E-state index contributed by atoms with van der Waals surface area (Å²) in [6.07, 6.45) is 2.22. The van der Waals surface area contributed by atoms with Crippen LogP contribution in [0, 0.1) is 0 Å². The van der Waals surface area contributed by atoms with E-state index in [0.29, 0.717) is 13.2 Å². The van der Waals surface area contributed by atoms with Crippen molar-refractivity contribution >= 4 is 17.9 Å². The van der Waals surface area contributed by atoms with Gasteiger partial charge < -0.3 is 9.64 Å². The highest BCUT2D eigenvalue weighted by Gasteiger charge is 2.20. The summed E-state index contributed by atoms with van der Waals surface area (Å²) in [6, 6.07) is 0. The Morgan fingerprint density at radius 3 is 3.27 bits per heavy atom. The number of amides is 1. The number of hydrogen-bond donors (Lipinski definition) is 1. The lowest BCUT2D eigenvalue weighted by Crippen LogP contribution is -2.25. The Hall–Kier alpha value is -1.24. The Kier molecular flexibility index (Phi) is 3.44. The number of H-pyrrole nitrogens is 1. The first kappa shape index (κ1) is 10.3. The molecule has 2 rings (SSSR count). The van der Waals surface area contributed by atoms with Crippen molar-refractivity contribution in [3.63, 3.8) is 0 Å². The number of ether oxygens (including phenoxy) is 1. The van der Waals surface area contributed by atoms with Gasteiger partial charge in [-0.1, -0.05) is 11.8 Å². The van der Waals surface area contributed by atoms with Crippen LogP contribution in [0.1, 0.15) is 6.42 Å². The predicted molar refractivity (Wildman–Crippen MR) is 54.6 cm³/mol. The number of aromatic amines is 1. The summed E-state index contributed by atoms with van der Waals surface area (Å²) in [7, 11) is 0. The van der Waals surface area contributed by atoms with Crippen LogP contribution in [-0.4, -0.2) is 51.6 Å². The Morgan fingerprint density at radius 2 is 2.60 bits per heavy atom.